The van der Waals surface area contributed by atoms with Crippen LogP contribution in [0.2, 0.25) is 0 Å². The van der Waals surface area contributed by atoms with Crippen LogP contribution in [0.5, 0.6) is 0 Å². The van der Waals surface area contributed by atoms with Crippen LogP contribution in [0.15, 0.2) is 0 Å². The highest BCUT2D eigenvalue weighted by molar-refractivity contribution is 5.78. The third-order valence-electron chi connectivity index (χ3n) is 5.51. The number of nitrogens with zero attached hydrogens (tertiary/aromatic N) is 1. The molecule has 3 unspecified atom stereocenters. The summed E-state index contributed by atoms with van der Waals surface area (Å²) in [5.41, 5.74) is 6.37. The first kappa shape index (κ1) is 15.8. The van der Waals surface area contributed by atoms with Gasteiger partial charge in [-0.25, -0.2) is 0 Å². The molecule has 1 heterocycles. The molecule has 1 saturated heterocycles. The quantitative estimate of drug-likeness (QED) is 0.826. The summed E-state index contributed by atoms with van der Waals surface area (Å²) in [6, 6.07) is 0.193. The van der Waals surface area contributed by atoms with E-state index in [0.29, 0.717) is 5.92 Å². The van der Waals surface area contributed by atoms with E-state index in [2.05, 4.69) is 31.1 Å². The second-order valence-corrected chi connectivity index (χ2v) is 7.48. The zero-order chi connectivity index (χ0) is 14.8. The van der Waals surface area contributed by atoms with Gasteiger partial charge in [-0.1, -0.05) is 13.8 Å². The molecule has 4 nitrogen and oxygen atoms in total. The van der Waals surface area contributed by atoms with Crippen molar-refractivity contribution in [1.82, 2.24) is 10.2 Å². The molecular weight excluding hydrogens is 250 g/mol. The summed E-state index contributed by atoms with van der Waals surface area (Å²) in [6.45, 7) is 7.59. The van der Waals surface area contributed by atoms with Crippen LogP contribution in [0.25, 0.3) is 0 Å². The van der Waals surface area contributed by atoms with Gasteiger partial charge in [0.25, 0.3) is 0 Å². The van der Waals surface area contributed by atoms with Gasteiger partial charge in [-0.05, 0) is 63.6 Å². The highest BCUT2D eigenvalue weighted by Gasteiger charge is 2.32. The van der Waals surface area contributed by atoms with Crippen molar-refractivity contribution < 1.29 is 4.79 Å². The Labute approximate surface area is 123 Å². The van der Waals surface area contributed by atoms with Crippen LogP contribution in [-0.4, -0.2) is 43.5 Å². The highest BCUT2D eigenvalue weighted by atomic mass is 16.1. The molecule has 3 atom stereocenters. The van der Waals surface area contributed by atoms with Gasteiger partial charge >= 0.3 is 0 Å². The number of rotatable bonds is 3. The summed E-state index contributed by atoms with van der Waals surface area (Å²) in [6.07, 6.45) is 5.28. The molecule has 0 spiro atoms. The molecule has 3 N–H and O–H groups in total. The molecule has 4 heteroatoms. The zero-order valence-electron chi connectivity index (χ0n) is 13.3. The van der Waals surface area contributed by atoms with Crippen molar-refractivity contribution in [3.8, 4) is 0 Å². The minimum Gasteiger partial charge on any atom is -0.355 e. The van der Waals surface area contributed by atoms with Gasteiger partial charge in [0.2, 0.25) is 5.91 Å². The lowest BCUT2D eigenvalue weighted by Crippen LogP contribution is -2.46. The van der Waals surface area contributed by atoms with Gasteiger partial charge in [0.05, 0.1) is 0 Å². The van der Waals surface area contributed by atoms with Gasteiger partial charge in [0.15, 0.2) is 0 Å². The van der Waals surface area contributed by atoms with Gasteiger partial charge in [-0.3, -0.25) is 4.79 Å². The first-order chi connectivity index (χ1) is 9.39. The number of nitrogens with one attached hydrogen (secondary N) is 1. The standard InChI is InChI=1S/C16H31N3O/c1-12-4-5-13(10-14(12)17)15(20)18-11-16(2)6-8-19(3)9-7-16/h12-14H,4-11,17H2,1-3H3,(H,18,20). The molecule has 0 radical (unpaired) electrons. The Balaban J connectivity index is 1.77. The fraction of sp³-hybridized carbons (Fsp3) is 0.938. The second-order valence-electron chi connectivity index (χ2n) is 7.48. The predicted octanol–water partition coefficient (Wildman–Crippen LogP) is 1.60. The SMILES string of the molecule is CC1CCC(C(=O)NCC2(C)CCN(C)CC2)CC1N. The number of carbonyl (C=O) groups is 1. The van der Waals surface area contributed by atoms with Crippen LogP contribution < -0.4 is 11.1 Å². The van der Waals surface area contributed by atoms with Crippen LogP contribution in [0.1, 0.15) is 46.0 Å². The average Bonchev–Trinajstić information content (AvgIpc) is 2.43. The second kappa shape index (κ2) is 6.44. The van der Waals surface area contributed by atoms with E-state index in [0.717, 1.165) is 38.9 Å². The van der Waals surface area contributed by atoms with E-state index < -0.39 is 0 Å². The Morgan fingerprint density at radius 3 is 2.60 bits per heavy atom. The van der Waals surface area contributed by atoms with Crippen LogP contribution in [0.4, 0.5) is 0 Å². The van der Waals surface area contributed by atoms with Crippen LogP contribution in [0.3, 0.4) is 0 Å². The average molecular weight is 281 g/mol. The number of piperidine rings is 1. The minimum atomic E-state index is 0.135. The summed E-state index contributed by atoms with van der Waals surface area (Å²) in [5.74, 6) is 0.925. The van der Waals surface area contributed by atoms with E-state index in [1.165, 1.54) is 12.8 Å². The molecule has 0 aromatic rings. The van der Waals surface area contributed by atoms with Crippen molar-refractivity contribution in [3.05, 3.63) is 0 Å². The van der Waals surface area contributed by atoms with Crippen molar-refractivity contribution in [1.29, 1.82) is 0 Å². The number of amides is 1. The van der Waals surface area contributed by atoms with E-state index in [-0.39, 0.29) is 23.3 Å². The van der Waals surface area contributed by atoms with E-state index in [1.807, 2.05) is 0 Å². The lowest BCUT2D eigenvalue weighted by Gasteiger charge is -2.38. The summed E-state index contributed by atoms with van der Waals surface area (Å²) in [5, 5.41) is 3.20. The Kier molecular flexibility index (Phi) is 5.08. The normalized spacial score (nSPS) is 34.7. The topological polar surface area (TPSA) is 58.4 Å². The predicted molar refractivity (Wildman–Crippen MR) is 82.3 cm³/mol. The van der Waals surface area contributed by atoms with Crippen molar-refractivity contribution in [2.45, 2.75) is 52.0 Å². The number of likely N-dealkylation sites (tertiary alicyclic amines) is 1. The molecule has 1 amide bonds. The van der Waals surface area contributed by atoms with E-state index in [4.69, 9.17) is 5.73 Å². The maximum atomic E-state index is 12.3. The maximum absolute atomic E-state index is 12.3. The Hall–Kier alpha value is -0.610. The summed E-state index contributed by atoms with van der Waals surface area (Å²) >= 11 is 0. The number of hydrogen-bond acceptors (Lipinski definition) is 3. The third kappa shape index (κ3) is 3.95. The fourth-order valence-electron chi connectivity index (χ4n) is 3.37. The van der Waals surface area contributed by atoms with E-state index in [9.17, 15) is 4.79 Å². The highest BCUT2D eigenvalue weighted by Crippen LogP contribution is 2.31. The largest absolute Gasteiger partial charge is 0.355 e. The number of hydrogen-bond donors (Lipinski definition) is 2. The molecule has 1 aliphatic carbocycles. The molecule has 116 valence electrons. The Bertz CT molecular complexity index is 337. The third-order valence-corrected chi connectivity index (χ3v) is 5.51. The maximum Gasteiger partial charge on any atom is 0.223 e. The minimum absolute atomic E-state index is 0.135. The molecule has 2 aliphatic rings. The molecular formula is C16H31N3O. The summed E-state index contributed by atoms with van der Waals surface area (Å²) in [4.78, 5) is 14.7. The molecule has 0 aromatic carbocycles. The summed E-state index contributed by atoms with van der Waals surface area (Å²) in [7, 11) is 2.17. The molecule has 20 heavy (non-hydrogen) atoms. The molecule has 1 aliphatic heterocycles. The monoisotopic (exact) mass is 281 g/mol. The molecule has 2 rings (SSSR count). The molecule has 2 fully saturated rings. The van der Waals surface area contributed by atoms with Crippen LogP contribution in [-0.2, 0) is 4.79 Å². The smallest absolute Gasteiger partial charge is 0.223 e. The zero-order valence-corrected chi connectivity index (χ0v) is 13.3. The lowest BCUT2D eigenvalue weighted by atomic mass is 9.78. The number of carbonyl (C=O) groups excluding carboxylic acids is 1. The van der Waals surface area contributed by atoms with E-state index >= 15 is 0 Å². The van der Waals surface area contributed by atoms with Crippen LogP contribution in [0, 0.1) is 17.3 Å². The molecule has 0 aromatic heterocycles. The first-order valence-corrected chi connectivity index (χ1v) is 8.11. The van der Waals surface area contributed by atoms with Crippen molar-refractivity contribution in [2.24, 2.45) is 23.0 Å². The van der Waals surface area contributed by atoms with Gasteiger partial charge in [0.1, 0.15) is 0 Å². The van der Waals surface area contributed by atoms with Crippen molar-refractivity contribution in [3.63, 3.8) is 0 Å². The first-order valence-electron chi connectivity index (χ1n) is 8.11. The lowest BCUT2D eigenvalue weighted by molar-refractivity contribution is -0.127. The fourth-order valence-corrected chi connectivity index (χ4v) is 3.37. The number of nitrogens with two attached hydrogens (primary N) is 1. The molecule has 1 saturated carbocycles. The van der Waals surface area contributed by atoms with Gasteiger partial charge < -0.3 is 16.0 Å². The Morgan fingerprint density at radius 2 is 2.00 bits per heavy atom. The van der Waals surface area contributed by atoms with Gasteiger partial charge in [0, 0.05) is 18.5 Å². The van der Waals surface area contributed by atoms with Crippen LogP contribution >= 0.6 is 0 Å². The van der Waals surface area contributed by atoms with Gasteiger partial charge in [-0.2, -0.15) is 0 Å². The molecule has 0 bridgehead atoms. The Morgan fingerprint density at radius 1 is 1.35 bits per heavy atom. The van der Waals surface area contributed by atoms with Crippen molar-refractivity contribution >= 4 is 5.91 Å². The van der Waals surface area contributed by atoms with Gasteiger partial charge in [-0.15, -0.1) is 0 Å². The summed E-state index contributed by atoms with van der Waals surface area (Å²) < 4.78 is 0. The van der Waals surface area contributed by atoms with E-state index in [1.54, 1.807) is 0 Å². The van der Waals surface area contributed by atoms with Crippen molar-refractivity contribution in [2.75, 3.05) is 26.7 Å².